The van der Waals surface area contributed by atoms with Gasteiger partial charge in [0.15, 0.2) is 5.96 Å². The number of halogens is 1. The van der Waals surface area contributed by atoms with Crippen LogP contribution in [0.1, 0.15) is 22.8 Å². The highest BCUT2D eigenvalue weighted by atomic mass is 127. The van der Waals surface area contributed by atoms with Gasteiger partial charge in [0.05, 0.1) is 13.7 Å². The van der Waals surface area contributed by atoms with Gasteiger partial charge in [-0.05, 0) is 36.8 Å². The first-order valence-corrected chi connectivity index (χ1v) is 9.91. The Bertz CT molecular complexity index is 849. The molecule has 1 aliphatic rings. The van der Waals surface area contributed by atoms with Gasteiger partial charge < -0.3 is 25.6 Å². The van der Waals surface area contributed by atoms with E-state index in [1.807, 2.05) is 24.3 Å². The number of carbonyl (C=O) groups excluding carboxylic acids is 1. The summed E-state index contributed by atoms with van der Waals surface area (Å²) in [5, 5.41) is 3.39. The Labute approximate surface area is 195 Å². The van der Waals surface area contributed by atoms with Gasteiger partial charge >= 0.3 is 0 Å². The normalized spacial score (nSPS) is 14.1. The quantitative estimate of drug-likeness (QED) is 0.346. The number of piperazine rings is 1. The van der Waals surface area contributed by atoms with Crippen LogP contribution in [0.2, 0.25) is 0 Å². The van der Waals surface area contributed by atoms with E-state index in [1.54, 1.807) is 19.2 Å². The molecule has 2 aromatic rings. The second-order valence-corrected chi connectivity index (χ2v) is 6.91. The standard InChI is InChI=1S/C22H29N5O2.HI/c1-3-24-22(25-16-17-7-9-18(10-8-17)21(23)28)27-13-11-26(12-14-27)19-5-4-6-20(15-19)29-2;/h4-10,15H,3,11-14,16H2,1-2H3,(H2,23,28)(H,24,25);1H. The maximum atomic E-state index is 11.2. The first-order chi connectivity index (χ1) is 14.1. The average Bonchev–Trinajstić information content (AvgIpc) is 2.77. The molecule has 0 spiro atoms. The van der Waals surface area contributed by atoms with Crippen molar-refractivity contribution in [1.82, 2.24) is 10.2 Å². The fraction of sp³-hybridized carbons (Fsp3) is 0.364. The summed E-state index contributed by atoms with van der Waals surface area (Å²) in [4.78, 5) is 20.6. The van der Waals surface area contributed by atoms with Gasteiger partial charge in [0.2, 0.25) is 5.91 Å². The van der Waals surface area contributed by atoms with Crippen molar-refractivity contribution in [2.45, 2.75) is 13.5 Å². The third-order valence-electron chi connectivity index (χ3n) is 4.98. The van der Waals surface area contributed by atoms with Crippen molar-refractivity contribution in [1.29, 1.82) is 0 Å². The summed E-state index contributed by atoms with van der Waals surface area (Å²) >= 11 is 0. The molecule has 0 atom stereocenters. The molecule has 0 aliphatic carbocycles. The van der Waals surface area contributed by atoms with Crippen LogP contribution in [-0.2, 0) is 6.54 Å². The zero-order valence-electron chi connectivity index (χ0n) is 17.5. The average molecular weight is 523 g/mol. The van der Waals surface area contributed by atoms with Crippen molar-refractivity contribution in [2.75, 3.05) is 44.7 Å². The minimum atomic E-state index is -0.415. The molecule has 1 amide bonds. The molecule has 162 valence electrons. The maximum Gasteiger partial charge on any atom is 0.248 e. The molecule has 7 nitrogen and oxygen atoms in total. The van der Waals surface area contributed by atoms with E-state index in [-0.39, 0.29) is 24.0 Å². The molecule has 0 bridgehead atoms. The molecule has 30 heavy (non-hydrogen) atoms. The van der Waals surface area contributed by atoms with Crippen molar-refractivity contribution in [3.05, 3.63) is 59.7 Å². The lowest BCUT2D eigenvalue weighted by Gasteiger charge is -2.37. The van der Waals surface area contributed by atoms with Crippen LogP contribution in [0.15, 0.2) is 53.5 Å². The molecule has 1 heterocycles. The van der Waals surface area contributed by atoms with E-state index in [9.17, 15) is 4.79 Å². The Hall–Kier alpha value is -2.49. The van der Waals surface area contributed by atoms with Crippen LogP contribution in [0.4, 0.5) is 5.69 Å². The number of nitrogens with one attached hydrogen (secondary N) is 1. The monoisotopic (exact) mass is 523 g/mol. The van der Waals surface area contributed by atoms with Crippen molar-refractivity contribution in [3.8, 4) is 5.75 Å². The van der Waals surface area contributed by atoms with E-state index in [0.29, 0.717) is 12.1 Å². The number of primary amides is 1. The van der Waals surface area contributed by atoms with E-state index in [0.717, 1.165) is 50.0 Å². The summed E-state index contributed by atoms with van der Waals surface area (Å²) in [7, 11) is 1.69. The molecule has 8 heteroatoms. The first kappa shape index (κ1) is 23.8. The molecule has 0 saturated carbocycles. The van der Waals surface area contributed by atoms with Gasteiger partial charge in [-0.25, -0.2) is 4.99 Å². The SMILES string of the molecule is CCNC(=NCc1ccc(C(N)=O)cc1)N1CCN(c2cccc(OC)c2)CC1.I. The molecule has 1 fully saturated rings. The van der Waals surface area contributed by atoms with E-state index in [1.165, 1.54) is 5.69 Å². The van der Waals surface area contributed by atoms with Crippen LogP contribution in [0.5, 0.6) is 5.75 Å². The fourth-order valence-electron chi connectivity index (χ4n) is 3.35. The third kappa shape index (κ3) is 6.25. The number of anilines is 1. The largest absolute Gasteiger partial charge is 0.497 e. The Morgan fingerprint density at radius 3 is 2.43 bits per heavy atom. The van der Waals surface area contributed by atoms with E-state index in [2.05, 4.69) is 34.2 Å². The van der Waals surface area contributed by atoms with Gasteiger partial charge in [-0.1, -0.05) is 18.2 Å². The third-order valence-corrected chi connectivity index (χ3v) is 4.98. The molecule has 0 aromatic heterocycles. The van der Waals surface area contributed by atoms with Gasteiger partial charge in [-0.15, -0.1) is 24.0 Å². The number of nitrogens with zero attached hydrogens (tertiary/aromatic N) is 3. The minimum Gasteiger partial charge on any atom is -0.497 e. The smallest absolute Gasteiger partial charge is 0.248 e. The molecule has 3 N–H and O–H groups in total. The number of guanidine groups is 1. The summed E-state index contributed by atoms with van der Waals surface area (Å²) < 4.78 is 5.34. The van der Waals surface area contributed by atoms with Gasteiger partial charge in [0.25, 0.3) is 0 Å². The fourth-order valence-corrected chi connectivity index (χ4v) is 3.35. The van der Waals surface area contributed by atoms with Crippen LogP contribution in [-0.4, -0.2) is 56.6 Å². The number of nitrogens with two attached hydrogens (primary N) is 1. The highest BCUT2D eigenvalue weighted by molar-refractivity contribution is 14.0. The number of amides is 1. The summed E-state index contributed by atoms with van der Waals surface area (Å²) in [5.74, 6) is 1.38. The second-order valence-electron chi connectivity index (χ2n) is 6.91. The number of rotatable bonds is 6. The van der Waals surface area contributed by atoms with Gasteiger partial charge in [-0.2, -0.15) is 0 Å². The van der Waals surface area contributed by atoms with Crippen LogP contribution < -0.4 is 20.7 Å². The van der Waals surface area contributed by atoms with Crippen LogP contribution in [0, 0.1) is 0 Å². The number of carbonyl (C=O) groups is 1. The molecule has 1 saturated heterocycles. The summed E-state index contributed by atoms with van der Waals surface area (Å²) in [6, 6.07) is 15.5. The Balaban J connectivity index is 0.00000320. The molecule has 2 aromatic carbocycles. The maximum absolute atomic E-state index is 11.2. The predicted octanol–water partition coefficient (Wildman–Crippen LogP) is 2.70. The number of methoxy groups -OCH3 is 1. The number of benzene rings is 2. The minimum absolute atomic E-state index is 0. The zero-order chi connectivity index (χ0) is 20.6. The van der Waals surface area contributed by atoms with E-state index >= 15 is 0 Å². The van der Waals surface area contributed by atoms with E-state index < -0.39 is 5.91 Å². The van der Waals surface area contributed by atoms with Crippen molar-refractivity contribution >= 4 is 41.5 Å². The highest BCUT2D eigenvalue weighted by Crippen LogP contribution is 2.22. The number of aliphatic imine (C=N–C) groups is 1. The number of hydrogen-bond acceptors (Lipinski definition) is 4. The molecule has 0 unspecified atom stereocenters. The Kier molecular flexibility index (Phi) is 9.22. The predicted molar refractivity (Wildman–Crippen MR) is 132 cm³/mol. The lowest BCUT2D eigenvalue weighted by Crippen LogP contribution is -2.52. The first-order valence-electron chi connectivity index (χ1n) is 9.91. The summed E-state index contributed by atoms with van der Waals surface area (Å²) in [5.41, 5.74) is 8.03. The molecule has 3 rings (SSSR count). The van der Waals surface area contributed by atoms with Crippen LogP contribution >= 0.6 is 24.0 Å². The molecule has 0 radical (unpaired) electrons. The van der Waals surface area contributed by atoms with E-state index in [4.69, 9.17) is 15.5 Å². The summed E-state index contributed by atoms with van der Waals surface area (Å²) in [6.07, 6.45) is 0. The van der Waals surface area contributed by atoms with Gasteiger partial charge in [-0.3, -0.25) is 4.79 Å². The lowest BCUT2D eigenvalue weighted by atomic mass is 10.1. The Morgan fingerprint density at radius 2 is 1.83 bits per heavy atom. The Morgan fingerprint density at radius 1 is 1.13 bits per heavy atom. The summed E-state index contributed by atoms with van der Waals surface area (Å²) in [6.45, 7) is 7.07. The van der Waals surface area contributed by atoms with Crippen molar-refractivity contribution < 1.29 is 9.53 Å². The van der Waals surface area contributed by atoms with Crippen LogP contribution in [0.25, 0.3) is 0 Å². The van der Waals surface area contributed by atoms with Crippen molar-refractivity contribution in [2.24, 2.45) is 10.7 Å². The number of ether oxygens (including phenoxy) is 1. The molecular formula is C22H30IN5O2. The van der Waals surface area contributed by atoms with Gasteiger partial charge in [0, 0.05) is 50.0 Å². The second kappa shape index (κ2) is 11.6. The van der Waals surface area contributed by atoms with Crippen molar-refractivity contribution in [3.63, 3.8) is 0 Å². The zero-order valence-corrected chi connectivity index (χ0v) is 19.8. The highest BCUT2D eigenvalue weighted by Gasteiger charge is 2.20. The van der Waals surface area contributed by atoms with Gasteiger partial charge in [0.1, 0.15) is 5.75 Å². The number of hydrogen-bond donors (Lipinski definition) is 2. The van der Waals surface area contributed by atoms with Crippen LogP contribution in [0.3, 0.4) is 0 Å². The topological polar surface area (TPSA) is 83.2 Å². The molecular weight excluding hydrogens is 493 g/mol. The molecule has 1 aliphatic heterocycles. The lowest BCUT2D eigenvalue weighted by molar-refractivity contribution is 0.100.